The number of hydrogen-bond donors (Lipinski definition) is 3. The summed E-state index contributed by atoms with van der Waals surface area (Å²) in [7, 11) is 1.81. The lowest BCUT2D eigenvalue weighted by atomic mass is 10.1. The zero-order chi connectivity index (χ0) is 12.5. The van der Waals surface area contributed by atoms with Crippen molar-refractivity contribution in [2.75, 3.05) is 18.1 Å². The van der Waals surface area contributed by atoms with E-state index in [-0.39, 0.29) is 5.95 Å². The summed E-state index contributed by atoms with van der Waals surface area (Å²) < 4.78 is 0. The van der Waals surface area contributed by atoms with E-state index in [0.717, 1.165) is 22.2 Å². The number of aromatic nitrogens is 3. The molecule has 0 aliphatic carbocycles. The Morgan fingerprint density at radius 2 is 2.06 bits per heavy atom. The Bertz CT molecular complexity index is 701. The van der Waals surface area contributed by atoms with Crippen molar-refractivity contribution in [3.05, 3.63) is 36.5 Å². The lowest BCUT2D eigenvalue weighted by Gasteiger charge is -2.04. The van der Waals surface area contributed by atoms with Crippen molar-refractivity contribution in [2.45, 2.75) is 0 Å². The summed E-state index contributed by atoms with van der Waals surface area (Å²) in [6.07, 6.45) is 1.94. The predicted octanol–water partition coefficient (Wildman–Crippen LogP) is 2.25. The summed E-state index contributed by atoms with van der Waals surface area (Å²) in [6, 6.07) is 9.96. The summed E-state index contributed by atoms with van der Waals surface area (Å²) >= 11 is 0. The molecule has 0 amide bonds. The van der Waals surface area contributed by atoms with Gasteiger partial charge in [0.25, 0.3) is 0 Å². The monoisotopic (exact) mass is 239 g/mol. The van der Waals surface area contributed by atoms with Crippen molar-refractivity contribution >= 4 is 22.7 Å². The lowest BCUT2D eigenvalue weighted by Crippen LogP contribution is -2.00. The van der Waals surface area contributed by atoms with Crippen LogP contribution in [0.15, 0.2) is 36.5 Å². The van der Waals surface area contributed by atoms with Crippen LogP contribution in [0.25, 0.3) is 22.2 Å². The largest absolute Gasteiger partial charge is 0.373 e. The van der Waals surface area contributed by atoms with Crippen LogP contribution in [0.5, 0.6) is 0 Å². The zero-order valence-corrected chi connectivity index (χ0v) is 9.94. The van der Waals surface area contributed by atoms with Crippen LogP contribution < -0.4 is 11.1 Å². The number of nitrogens with one attached hydrogen (secondary N) is 2. The highest BCUT2D eigenvalue weighted by molar-refractivity contribution is 5.94. The molecule has 2 aromatic heterocycles. The molecule has 0 saturated carbocycles. The van der Waals surface area contributed by atoms with Crippen LogP contribution in [0.1, 0.15) is 0 Å². The van der Waals surface area contributed by atoms with Crippen LogP contribution in [0, 0.1) is 0 Å². The van der Waals surface area contributed by atoms with Gasteiger partial charge in [-0.1, -0.05) is 18.2 Å². The number of nitrogen functional groups attached to an aromatic ring is 1. The number of nitrogens with zero attached hydrogens (tertiary/aromatic N) is 2. The standard InChI is InChI=1S/C13H13N5/c1-15-12-6-11(17-13(14)18-12)9-7-16-10-5-3-2-4-8(9)10/h2-7,16H,1H3,(H3,14,15,17,18). The first-order chi connectivity index (χ1) is 8.78. The second-order valence-corrected chi connectivity index (χ2v) is 3.99. The molecule has 4 N–H and O–H groups in total. The maximum Gasteiger partial charge on any atom is 0.222 e. The second-order valence-electron chi connectivity index (χ2n) is 3.99. The molecular weight excluding hydrogens is 226 g/mol. The van der Waals surface area contributed by atoms with Gasteiger partial charge in [0.2, 0.25) is 5.95 Å². The quantitative estimate of drug-likeness (QED) is 0.640. The molecule has 0 aliphatic heterocycles. The molecule has 5 nitrogen and oxygen atoms in total. The van der Waals surface area contributed by atoms with E-state index < -0.39 is 0 Å². The average molecular weight is 239 g/mol. The average Bonchev–Trinajstić information content (AvgIpc) is 2.81. The van der Waals surface area contributed by atoms with Crippen molar-refractivity contribution in [3.8, 4) is 11.3 Å². The molecule has 1 aromatic carbocycles. The Kier molecular flexibility index (Phi) is 2.37. The van der Waals surface area contributed by atoms with Gasteiger partial charge in [-0.05, 0) is 6.07 Å². The molecule has 0 fully saturated rings. The molecule has 3 aromatic rings. The number of benzene rings is 1. The highest BCUT2D eigenvalue weighted by Gasteiger charge is 2.09. The topological polar surface area (TPSA) is 79.6 Å². The molecule has 0 atom stereocenters. The number of H-pyrrole nitrogens is 1. The van der Waals surface area contributed by atoms with Gasteiger partial charge in [0, 0.05) is 35.8 Å². The maximum atomic E-state index is 5.71. The van der Waals surface area contributed by atoms with Gasteiger partial charge in [-0.2, -0.15) is 4.98 Å². The van der Waals surface area contributed by atoms with Crippen molar-refractivity contribution in [3.63, 3.8) is 0 Å². The molecule has 90 valence electrons. The first-order valence-corrected chi connectivity index (χ1v) is 5.67. The van der Waals surface area contributed by atoms with Crippen molar-refractivity contribution in [1.29, 1.82) is 0 Å². The Morgan fingerprint density at radius 1 is 1.22 bits per heavy atom. The number of anilines is 2. The molecule has 0 aliphatic rings. The van der Waals surface area contributed by atoms with Gasteiger partial charge in [-0.3, -0.25) is 0 Å². The van der Waals surface area contributed by atoms with Crippen molar-refractivity contribution in [2.24, 2.45) is 0 Å². The summed E-state index contributed by atoms with van der Waals surface area (Å²) in [5, 5.41) is 4.10. The van der Waals surface area contributed by atoms with Gasteiger partial charge in [-0.25, -0.2) is 4.98 Å². The molecule has 5 heteroatoms. The van der Waals surface area contributed by atoms with E-state index in [4.69, 9.17) is 5.73 Å². The van der Waals surface area contributed by atoms with Crippen LogP contribution in [0.2, 0.25) is 0 Å². The Labute approximate surface area is 104 Å². The minimum Gasteiger partial charge on any atom is -0.373 e. The Hall–Kier alpha value is -2.56. The van der Waals surface area contributed by atoms with Gasteiger partial charge < -0.3 is 16.0 Å². The molecule has 0 unspecified atom stereocenters. The van der Waals surface area contributed by atoms with Crippen LogP contribution >= 0.6 is 0 Å². The SMILES string of the molecule is CNc1cc(-c2c[nH]c3ccccc23)nc(N)n1. The summed E-state index contributed by atoms with van der Waals surface area (Å²) in [4.78, 5) is 11.6. The first-order valence-electron chi connectivity index (χ1n) is 5.67. The molecule has 18 heavy (non-hydrogen) atoms. The fourth-order valence-electron chi connectivity index (χ4n) is 2.02. The number of fused-ring (bicyclic) bond motifs is 1. The highest BCUT2D eigenvalue weighted by Crippen LogP contribution is 2.28. The fourth-order valence-corrected chi connectivity index (χ4v) is 2.02. The molecule has 0 saturated heterocycles. The summed E-state index contributed by atoms with van der Waals surface area (Å²) in [5.41, 5.74) is 8.63. The number of aromatic amines is 1. The maximum absolute atomic E-state index is 5.71. The zero-order valence-electron chi connectivity index (χ0n) is 9.94. The second kappa shape index (κ2) is 4.03. The van der Waals surface area contributed by atoms with Gasteiger partial charge in [0.15, 0.2) is 0 Å². The normalized spacial score (nSPS) is 10.7. The van der Waals surface area contributed by atoms with E-state index in [1.54, 1.807) is 7.05 Å². The third-order valence-corrected chi connectivity index (χ3v) is 2.86. The van der Waals surface area contributed by atoms with E-state index in [1.807, 2.05) is 30.5 Å². The molecule has 0 radical (unpaired) electrons. The van der Waals surface area contributed by atoms with E-state index in [9.17, 15) is 0 Å². The van der Waals surface area contributed by atoms with E-state index >= 15 is 0 Å². The molecular formula is C13H13N5. The minimum absolute atomic E-state index is 0.266. The minimum atomic E-state index is 0.266. The number of para-hydroxylation sites is 1. The van der Waals surface area contributed by atoms with E-state index in [1.165, 1.54) is 0 Å². The van der Waals surface area contributed by atoms with E-state index in [0.29, 0.717) is 5.82 Å². The van der Waals surface area contributed by atoms with Gasteiger partial charge in [-0.15, -0.1) is 0 Å². The molecule has 3 rings (SSSR count). The van der Waals surface area contributed by atoms with Crippen molar-refractivity contribution in [1.82, 2.24) is 15.0 Å². The fraction of sp³-hybridized carbons (Fsp3) is 0.0769. The number of hydrogen-bond acceptors (Lipinski definition) is 4. The lowest BCUT2D eigenvalue weighted by molar-refractivity contribution is 1.18. The molecule has 0 bridgehead atoms. The van der Waals surface area contributed by atoms with Crippen molar-refractivity contribution < 1.29 is 0 Å². The smallest absolute Gasteiger partial charge is 0.222 e. The van der Waals surface area contributed by atoms with Crippen LogP contribution in [-0.4, -0.2) is 22.0 Å². The number of nitrogens with two attached hydrogens (primary N) is 1. The molecule has 0 spiro atoms. The van der Waals surface area contributed by atoms with E-state index in [2.05, 4.69) is 26.3 Å². The predicted molar refractivity (Wildman–Crippen MR) is 73.3 cm³/mol. The first kappa shape index (κ1) is 10.6. The summed E-state index contributed by atoms with van der Waals surface area (Å²) in [6.45, 7) is 0. The van der Waals surface area contributed by atoms with Crippen LogP contribution in [0.3, 0.4) is 0 Å². The third-order valence-electron chi connectivity index (χ3n) is 2.86. The Morgan fingerprint density at radius 3 is 2.89 bits per heavy atom. The van der Waals surface area contributed by atoms with Gasteiger partial charge in [0.05, 0.1) is 5.69 Å². The van der Waals surface area contributed by atoms with Crippen LogP contribution in [-0.2, 0) is 0 Å². The third kappa shape index (κ3) is 1.66. The molecule has 2 heterocycles. The highest BCUT2D eigenvalue weighted by atomic mass is 15.1. The van der Waals surface area contributed by atoms with Gasteiger partial charge in [0.1, 0.15) is 5.82 Å². The number of rotatable bonds is 2. The van der Waals surface area contributed by atoms with Gasteiger partial charge >= 0.3 is 0 Å². The summed E-state index contributed by atoms with van der Waals surface area (Å²) in [5.74, 6) is 0.977. The Balaban J connectivity index is 2.22. The van der Waals surface area contributed by atoms with Crippen LogP contribution in [0.4, 0.5) is 11.8 Å².